The lowest BCUT2D eigenvalue weighted by Crippen LogP contribution is -2.49. The quantitative estimate of drug-likeness (QED) is 0.643. The molecule has 7 nitrogen and oxygen atoms in total. The molecule has 0 spiro atoms. The Balaban J connectivity index is 1.26. The second kappa shape index (κ2) is 9.20. The molecule has 2 aliphatic rings. The molecule has 31 heavy (non-hydrogen) atoms. The molecule has 0 bridgehead atoms. The molecule has 1 saturated heterocycles. The van der Waals surface area contributed by atoms with Gasteiger partial charge in [0.05, 0.1) is 23.4 Å². The topological polar surface area (TPSA) is 70.2 Å². The van der Waals surface area contributed by atoms with Crippen molar-refractivity contribution in [3.8, 4) is 5.75 Å². The Morgan fingerprint density at radius 3 is 2.16 bits per heavy atom. The lowest BCUT2D eigenvalue weighted by molar-refractivity contribution is -0.131. The summed E-state index contributed by atoms with van der Waals surface area (Å²) in [5.74, 6) is 0.393. The van der Waals surface area contributed by atoms with Gasteiger partial charge in [-0.15, -0.1) is 0 Å². The molecule has 0 unspecified atom stereocenters. The van der Waals surface area contributed by atoms with E-state index in [-0.39, 0.29) is 24.3 Å². The Kier molecular flexibility index (Phi) is 6.21. The van der Waals surface area contributed by atoms with E-state index in [1.165, 1.54) is 4.90 Å². The number of imide groups is 1. The highest BCUT2D eigenvalue weighted by Crippen LogP contribution is 2.29. The molecule has 2 aromatic carbocycles. The van der Waals surface area contributed by atoms with Crippen molar-refractivity contribution >= 4 is 23.4 Å². The summed E-state index contributed by atoms with van der Waals surface area (Å²) in [4.78, 5) is 42.9. The zero-order valence-electron chi connectivity index (χ0n) is 17.8. The number of ether oxygens (including phenoxy) is 1. The van der Waals surface area contributed by atoms with Crippen molar-refractivity contribution in [2.24, 2.45) is 0 Å². The summed E-state index contributed by atoms with van der Waals surface area (Å²) in [6.07, 6.45) is 0.792. The molecule has 2 aliphatic heterocycles. The zero-order chi connectivity index (χ0) is 21.8. The van der Waals surface area contributed by atoms with Gasteiger partial charge in [0, 0.05) is 39.1 Å². The van der Waals surface area contributed by atoms with Gasteiger partial charge in [0.1, 0.15) is 5.75 Å². The summed E-state index contributed by atoms with van der Waals surface area (Å²) in [5, 5.41) is 0. The van der Waals surface area contributed by atoms with E-state index in [4.69, 9.17) is 4.74 Å². The third-order valence-electron chi connectivity index (χ3n) is 5.79. The van der Waals surface area contributed by atoms with Crippen LogP contribution in [-0.2, 0) is 4.79 Å². The van der Waals surface area contributed by atoms with Crippen LogP contribution in [0.5, 0.6) is 5.75 Å². The van der Waals surface area contributed by atoms with Crippen LogP contribution in [0.2, 0.25) is 0 Å². The number of piperazine rings is 1. The Bertz CT molecular complexity index is 947. The minimum atomic E-state index is -0.269. The average molecular weight is 421 g/mol. The van der Waals surface area contributed by atoms with Crippen LogP contribution in [0.3, 0.4) is 0 Å². The van der Waals surface area contributed by atoms with Crippen molar-refractivity contribution in [3.05, 3.63) is 59.7 Å². The maximum atomic E-state index is 12.7. The van der Waals surface area contributed by atoms with E-state index in [2.05, 4.69) is 4.90 Å². The van der Waals surface area contributed by atoms with E-state index in [1.54, 1.807) is 24.3 Å². The lowest BCUT2D eigenvalue weighted by atomic mass is 10.1. The number of rotatable bonds is 7. The number of nitrogens with zero attached hydrogens (tertiary/aromatic N) is 3. The maximum Gasteiger partial charge on any atom is 0.261 e. The van der Waals surface area contributed by atoms with Crippen LogP contribution in [0.25, 0.3) is 0 Å². The molecule has 2 heterocycles. The number of hydrogen-bond acceptors (Lipinski definition) is 5. The van der Waals surface area contributed by atoms with Crippen LogP contribution in [0.4, 0.5) is 5.69 Å². The van der Waals surface area contributed by atoms with Gasteiger partial charge in [-0.25, -0.2) is 0 Å². The summed E-state index contributed by atoms with van der Waals surface area (Å²) in [6, 6.07) is 14.8. The smallest absolute Gasteiger partial charge is 0.261 e. The first-order valence-electron chi connectivity index (χ1n) is 10.8. The summed E-state index contributed by atoms with van der Waals surface area (Å²) in [5.41, 5.74) is 1.95. The Labute approximate surface area is 182 Å². The van der Waals surface area contributed by atoms with Crippen molar-refractivity contribution in [2.45, 2.75) is 19.8 Å². The highest BCUT2D eigenvalue weighted by Gasteiger charge is 2.34. The first-order chi connectivity index (χ1) is 15.1. The second-order valence-corrected chi connectivity index (χ2v) is 7.68. The Morgan fingerprint density at radius 1 is 0.903 bits per heavy atom. The predicted molar refractivity (Wildman–Crippen MR) is 117 cm³/mol. The minimum Gasteiger partial charge on any atom is -0.492 e. The normalized spacial score (nSPS) is 16.0. The molecule has 3 amide bonds. The van der Waals surface area contributed by atoms with E-state index < -0.39 is 0 Å². The fourth-order valence-corrected chi connectivity index (χ4v) is 4.18. The van der Waals surface area contributed by atoms with E-state index >= 15 is 0 Å². The third-order valence-corrected chi connectivity index (χ3v) is 5.79. The minimum absolute atomic E-state index is 0.0642. The largest absolute Gasteiger partial charge is 0.492 e. The van der Waals surface area contributed by atoms with Gasteiger partial charge in [0.15, 0.2) is 0 Å². The summed E-state index contributed by atoms with van der Waals surface area (Å²) >= 11 is 0. The van der Waals surface area contributed by atoms with Crippen LogP contribution in [0.1, 0.15) is 40.5 Å². The molecule has 162 valence electrons. The van der Waals surface area contributed by atoms with Gasteiger partial charge in [0.2, 0.25) is 5.91 Å². The Morgan fingerprint density at radius 2 is 1.52 bits per heavy atom. The molecule has 0 N–H and O–H groups in total. The summed E-state index contributed by atoms with van der Waals surface area (Å²) < 4.78 is 5.73. The van der Waals surface area contributed by atoms with Crippen molar-refractivity contribution < 1.29 is 19.1 Å². The van der Waals surface area contributed by atoms with Crippen LogP contribution in [0.15, 0.2) is 48.5 Å². The zero-order valence-corrected chi connectivity index (χ0v) is 17.8. The molecule has 0 atom stereocenters. The Hall–Kier alpha value is -3.35. The predicted octanol–water partition coefficient (Wildman–Crippen LogP) is 2.81. The van der Waals surface area contributed by atoms with Crippen molar-refractivity contribution in [1.29, 1.82) is 0 Å². The van der Waals surface area contributed by atoms with E-state index in [1.807, 2.05) is 36.1 Å². The SMILES string of the molecule is CCOc1ccccc1N1CCN(C(=O)CCCN2C(=O)c3ccccc3C2=O)CC1. The summed E-state index contributed by atoms with van der Waals surface area (Å²) in [6.45, 7) is 5.62. The van der Waals surface area contributed by atoms with Crippen LogP contribution < -0.4 is 9.64 Å². The number of hydrogen-bond donors (Lipinski definition) is 0. The van der Waals surface area contributed by atoms with Crippen molar-refractivity contribution in [1.82, 2.24) is 9.80 Å². The molecule has 1 fully saturated rings. The molecule has 0 radical (unpaired) electrons. The number of carbonyl (C=O) groups is 3. The fourth-order valence-electron chi connectivity index (χ4n) is 4.18. The van der Waals surface area contributed by atoms with Crippen LogP contribution >= 0.6 is 0 Å². The molecule has 4 rings (SSSR count). The molecule has 0 aliphatic carbocycles. The number of benzene rings is 2. The van der Waals surface area contributed by atoms with Gasteiger partial charge in [-0.05, 0) is 37.6 Å². The molecule has 0 aromatic heterocycles. The molecule has 2 aromatic rings. The highest BCUT2D eigenvalue weighted by atomic mass is 16.5. The number of para-hydroxylation sites is 2. The van der Waals surface area contributed by atoms with Gasteiger partial charge in [-0.3, -0.25) is 19.3 Å². The molecular formula is C24H27N3O4. The van der Waals surface area contributed by atoms with E-state index in [0.717, 1.165) is 24.5 Å². The van der Waals surface area contributed by atoms with Gasteiger partial charge in [0.25, 0.3) is 11.8 Å². The van der Waals surface area contributed by atoms with Crippen LogP contribution in [-0.4, -0.2) is 66.9 Å². The first kappa shape index (κ1) is 20.9. The van der Waals surface area contributed by atoms with E-state index in [0.29, 0.717) is 43.7 Å². The molecular weight excluding hydrogens is 394 g/mol. The number of fused-ring (bicyclic) bond motifs is 1. The molecule has 7 heteroatoms. The van der Waals surface area contributed by atoms with Crippen molar-refractivity contribution in [2.75, 3.05) is 44.2 Å². The third kappa shape index (κ3) is 4.26. The maximum absolute atomic E-state index is 12.7. The van der Waals surface area contributed by atoms with Crippen LogP contribution in [0, 0.1) is 0 Å². The number of amides is 3. The van der Waals surface area contributed by atoms with Crippen molar-refractivity contribution in [3.63, 3.8) is 0 Å². The highest BCUT2D eigenvalue weighted by molar-refractivity contribution is 6.21. The van der Waals surface area contributed by atoms with Gasteiger partial charge in [-0.1, -0.05) is 24.3 Å². The second-order valence-electron chi connectivity index (χ2n) is 7.68. The monoisotopic (exact) mass is 421 g/mol. The average Bonchev–Trinajstić information content (AvgIpc) is 3.05. The fraction of sp³-hybridized carbons (Fsp3) is 0.375. The number of anilines is 1. The summed E-state index contributed by atoms with van der Waals surface area (Å²) in [7, 11) is 0. The number of carbonyl (C=O) groups excluding carboxylic acids is 3. The lowest BCUT2D eigenvalue weighted by Gasteiger charge is -2.36. The first-order valence-corrected chi connectivity index (χ1v) is 10.8. The van der Waals surface area contributed by atoms with Gasteiger partial charge in [-0.2, -0.15) is 0 Å². The molecule has 0 saturated carbocycles. The standard InChI is InChI=1S/C24H27N3O4/c1-2-31-21-11-6-5-10-20(21)25-14-16-26(17-15-25)22(28)12-7-13-27-23(29)18-8-3-4-9-19(18)24(27)30/h3-6,8-11H,2,7,12-17H2,1H3. The van der Waals surface area contributed by atoms with Gasteiger partial charge < -0.3 is 14.5 Å². The van der Waals surface area contributed by atoms with Gasteiger partial charge >= 0.3 is 0 Å². The van der Waals surface area contributed by atoms with E-state index in [9.17, 15) is 14.4 Å².